The molecule has 3 rings (SSSR count). The molecule has 4 nitrogen and oxygen atoms in total. The number of halogens is 1. The van der Waals surface area contributed by atoms with Crippen molar-refractivity contribution in [2.75, 3.05) is 10.6 Å². The van der Waals surface area contributed by atoms with Gasteiger partial charge in [0.2, 0.25) is 5.91 Å². The Kier molecular flexibility index (Phi) is 5.04. The van der Waals surface area contributed by atoms with E-state index in [0.717, 1.165) is 11.3 Å². The van der Waals surface area contributed by atoms with Gasteiger partial charge in [-0.25, -0.2) is 9.37 Å². The fourth-order valence-corrected chi connectivity index (χ4v) is 2.32. The van der Waals surface area contributed by atoms with Crippen LogP contribution in [0.25, 0.3) is 0 Å². The van der Waals surface area contributed by atoms with Gasteiger partial charge in [0.05, 0.1) is 18.3 Å². The number of anilines is 3. The standard InChI is InChI=1S/C20H18FN3O/c1-14-2-8-17(9-3-14)23-19-11-10-18(13-22-19)24-20(25)12-15-4-6-16(21)7-5-15/h2-11,13H,12H2,1H3,(H,22,23)(H,24,25). The van der Waals surface area contributed by atoms with Crippen molar-refractivity contribution in [3.63, 3.8) is 0 Å². The summed E-state index contributed by atoms with van der Waals surface area (Å²) in [5.41, 5.74) is 3.51. The molecule has 0 aliphatic heterocycles. The first kappa shape index (κ1) is 16.6. The van der Waals surface area contributed by atoms with Gasteiger partial charge in [0.15, 0.2) is 0 Å². The van der Waals surface area contributed by atoms with E-state index in [4.69, 9.17) is 0 Å². The lowest BCUT2D eigenvalue weighted by molar-refractivity contribution is -0.115. The van der Waals surface area contributed by atoms with Gasteiger partial charge in [0.1, 0.15) is 11.6 Å². The van der Waals surface area contributed by atoms with Crippen LogP contribution in [0, 0.1) is 12.7 Å². The number of carbonyl (C=O) groups excluding carboxylic acids is 1. The Morgan fingerprint density at radius 1 is 0.960 bits per heavy atom. The van der Waals surface area contributed by atoms with Crippen molar-refractivity contribution < 1.29 is 9.18 Å². The van der Waals surface area contributed by atoms with Crippen molar-refractivity contribution in [2.24, 2.45) is 0 Å². The minimum absolute atomic E-state index is 0.173. The number of aryl methyl sites for hydroxylation is 1. The lowest BCUT2D eigenvalue weighted by Crippen LogP contribution is -2.14. The molecule has 0 aliphatic rings. The molecule has 0 spiro atoms. The molecule has 0 unspecified atom stereocenters. The van der Waals surface area contributed by atoms with Crippen LogP contribution in [0.1, 0.15) is 11.1 Å². The van der Waals surface area contributed by atoms with E-state index < -0.39 is 0 Å². The number of hydrogen-bond acceptors (Lipinski definition) is 3. The van der Waals surface area contributed by atoms with E-state index in [9.17, 15) is 9.18 Å². The second-order valence-electron chi connectivity index (χ2n) is 5.77. The zero-order valence-electron chi connectivity index (χ0n) is 13.8. The quantitative estimate of drug-likeness (QED) is 0.724. The second kappa shape index (κ2) is 7.57. The van der Waals surface area contributed by atoms with Crippen LogP contribution in [0.4, 0.5) is 21.6 Å². The summed E-state index contributed by atoms with van der Waals surface area (Å²) in [6.07, 6.45) is 1.78. The Labute approximate surface area is 145 Å². The molecule has 25 heavy (non-hydrogen) atoms. The van der Waals surface area contributed by atoms with Gasteiger partial charge in [0.25, 0.3) is 0 Å². The van der Waals surface area contributed by atoms with Crippen molar-refractivity contribution in [1.29, 1.82) is 0 Å². The highest BCUT2D eigenvalue weighted by Crippen LogP contribution is 2.17. The summed E-state index contributed by atoms with van der Waals surface area (Å²) in [5.74, 6) is 0.207. The number of nitrogens with one attached hydrogen (secondary N) is 2. The molecule has 0 aliphatic carbocycles. The highest BCUT2D eigenvalue weighted by atomic mass is 19.1. The average Bonchev–Trinajstić information content (AvgIpc) is 2.61. The van der Waals surface area contributed by atoms with Crippen molar-refractivity contribution >= 4 is 23.1 Å². The molecule has 0 atom stereocenters. The van der Waals surface area contributed by atoms with Crippen LogP contribution < -0.4 is 10.6 Å². The summed E-state index contributed by atoms with van der Waals surface area (Å²) in [7, 11) is 0. The summed E-state index contributed by atoms with van der Waals surface area (Å²) in [6, 6.07) is 17.5. The number of carbonyl (C=O) groups is 1. The Bertz CT molecular complexity index is 844. The van der Waals surface area contributed by atoms with Crippen molar-refractivity contribution in [2.45, 2.75) is 13.3 Å². The third-order valence-corrected chi connectivity index (χ3v) is 3.65. The Morgan fingerprint density at radius 2 is 1.64 bits per heavy atom. The Balaban J connectivity index is 1.57. The molecule has 5 heteroatoms. The van der Waals surface area contributed by atoms with Crippen LogP contribution in [0.2, 0.25) is 0 Å². The maximum Gasteiger partial charge on any atom is 0.228 e. The van der Waals surface area contributed by atoms with E-state index in [2.05, 4.69) is 15.6 Å². The van der Waals surface area contributed by atoms with Gasteiger partial charge in [0, 0.05) is 5.69 Å². The molecule has 0 saturated carbocycles. The van der Waals surface area contributed by atoms with E-state index in [1.165, 1.54) is 17.7 Å². The highest BCUT2D eigenvalue weighted by Gasteiger charge is 2.05. The number of aromatic nitrogens is 1. The Morgan fingerprint density at radius 3 is 2.28 bits per heavy atom. The number of benzene rings is 2. The van der Waals surface area contributed by atoms with Crippen molar-refractivity contribution in [1.82, 2.24) is 4.98 Å². The molecule has 0 fully saturated rings. The van der Waals surface area contributed by atoms with E-state index in [1.54, 1.807) is 30.5 Å². The van der Waals surface area contributed by atoms with Crippen LogP contribution >= 0.6 is 0 Å². The molecule has 0 bridgehead atoms. The van der Waals surface area contributed by atoms with Crippen LogP contribution in [-0.2, 0) is 11.2 Å². The smallest absolute Gasteiger partial charge is 0.228 e. The number of amides is 1. The van der Waals surface area contributed by atoms with E-state index >= 15 is 0 Å². The fourth-order valence-electron chi connectivity index (χ4n) is 2.32. The van der Waals surface area contributed by atoms with Gasteiger partial charge in [-0.3, -0.25) is 4.79 Å². The minimum atomic E-state index is -0.315. The maximum absolute atomic E-state index is 12.9. The molecule has 1 amide bonds. The Hall–Kier alpha value is -3.21. The summed E-state index contributed by atoms with van der Waals surface area (Å²) in [4.78, 5) is 16.3. The number of hydrogen-bond donors (Lipinski definition) is 2. The molecule has 3 aromatic rings. The van der Waals surface area contributed by atoms with Crippen LogP contribution in [0.15, 0.2) is 66.9 Å². The van der Waals surface area contributed by atoms with E-state index in [0.29, 0.717) is 11.5 Å². The largest absolute Gasteiger partial charge is 0.340 e. The minimum Gasteiger partial charge on any atom is -0.340 e. The SMILES string of the molecule is Cc1ccc(Nc2ccc(NC(=O)Cc3ccc(F)cc3)cn2)cc1. The van der Waals surface area contributed by atoms with Gasteiger partial charge in [-0.15, -0.1) is 0 Å². The summed E-state index contributed by atoms with van der Waals surface area (Å²) in [6.45, 7) is 2.03. The normalized spacial score (nSPS) is 10.3. The zero-order chi connectivity index (χ0) is 17.6. The second-order valence-corrected chi connectivity index (χ2v) is 5.77. The molecule has 2 N–H and O–H groups in total. The van der Waals surface area contributed by atoms with Gasteiger partial charge in [-0.1, -0.05) is 29.8 Å². The van der Waals surface area contributed by atoms with Gasteiger partial charge < -0.3 is 10.6 Å². The van der Waals surface area contributed by atoms with Crippen molar-refractivity contribution in [3.8, 4) is 0 Å². The average molecular weight is 335 g/mol. The first-order chi connectivity index (χ1) is 12.1. The van der Waals surface area contributed by atoms with Crippen LogP contribution in [0.3, 0.4) is 0 Å². The fraction of sp³-hybridized carbons (Fsp3) is 0.100. The summed E-state index contributed by atoms with van der Waals surface area (Å²) in [5, 5.41) is 5.98. The molecule has 126 valence electrons. The highest BCUT2D eigenvalue weighted by molar-refractivity contribution is 5.92. The number of nitrogens with zero attached hydrogens (tertiary/aromatic N) is 1. The zero-order valence-corrected chi connectivity index (χ0v) is 13.8. The topological polar surface area (TPSA) is 54.0 Å². The molecular formula is C20H18FN3O. The van der Waals surface area contributed by atoms with Crippen molar-refractivity contribution in [3.05, 3.63) is 83.8 Å². The predicted molar refractivity (Wildman–Crippen MR) is 97.4 cm³/mol. The van der Waals surface area contributed by atoms with E-state index in [1.807, 2.05) is 31.2 Å². The molecule has 0 saturated heterocycles. The molecule has 0 radical (unpaired) electrons. The van der Waals surface area contributed by atoms with Gasteiger partial charge in [-0.2, -0.15) is 0 Å². The lowest BCUT2D eigenvalue weighted by Gasteiger charge is -2.08. The van der Waals surface area contributed by atoms with E-state index in [-0.39, 0.29) is 18.1 Å². The first-order valence-electron chi connectivity index (χ1n) is 7.92. The predicted octanol–water partition coefficient (Wildman–Crippen LogP) is 4.45. The number of pyridine rings is 1. The summed E-state index contributed by atoms with van der Waals surface area (Å²) >= 11 is 0. The third kappa shape index (κ3) is 4.88. The van der Waals surface area contributed by atoms with Crippen LogP contribution in [-0.4, -0.2) is 10.9 Å². The maximum atomic E-state index is 12.9. The first-order valence-corrected chi connectivity index (χ1v) is 7.92. The molecule has 1 aromatic heterocycles. The molecule has 1 heterocycles. The molecular weight excluding hydrogens is 317 g/mol. The lowest BCUT2D eigenvalue weighted by atomic mass is 10.1. The van der Waals surface area contributed by atoms with Gasteiger partial charge >= 0.3 is 0 Å². The van der Waals surface area contributed by atoms with Crippen LogP contribution in [0.5, 0.6) is 0 Å². The summed E-state index contributed by atoms with van der Waals surface area (Å²) < 4.78 is 12.9. The number of rotatable bonds is 5. The monoisotopic (exact) mass is 335 g/mol. The third-order valence-electron chi connectivity index (χ3n) is 3.65. The molecule has 2 aromatic carbocycles. The van der Waals surface area contributed by atoms with Gasteiger partial charge in [-0.05, 0) is 48.9 Å².